The van der Waals surface area contributed by atoms with Crippen LogP contribution in [0.1, 0.15) is 18.4 Å². The first-order valence-corrected chi connectivity index (χ1v) is 8.75. The van der Waals surface area contributed by atoms with Crippen LogP contribution >= 0.6 is 11.6 Å². The zero-order chi connectivity index (χ0) is 15.8. The van der Waals surface area contributed by atoms with Gasteiger partial charge in [0.2, 0.25) is 10.0 Å². The third-order valence-corrected chi connectivity index (χ3v) is 5.61. The van der Waals surface area contributed by atoms with E-state index in [4.69, 9.17) is 16.3 Å². The van der Waals surface area contributed by atoms with Crippen LogP contribution in [-0.4, -0.2) is 15.5 Å². The topological polar surface area (TPSA) is 55.4 Å². The van der Waals surface area contributed by atoms with Crippen molar-refractivity contribution in [1.82, 2.24) is 4.72 Å². The highest BCUT2D eigenvalue weighted by Crippen LogP contribution is 2.47. The Morgan fingerprint density at radius 2 is 1.82 bits per heavy atom. The lowest BCUT2D eigenvalue weighted by Gasteiger charge is -2.18. The molecule has 1 saturated carbocycles. The fourth-order valence-electron chi connectivity index (χ4n) is 2.43. The van der Waals surface area contributed by atoms with E-state index < -0.39 is 15.6 Å². The second-order valence-electron chi connectivity index (χ2n) is 5.37. The summed E-state index contributed by atoms with van der Waals surface area (Å²) in [6.07, 6.45) is 1.53. The molecule has 22 heavy (non-hydrogen) atoms. The van der Waals surface area contributed by atoms with Crippen molar-refractivity contribution in [2.45, 2.75) is 23.3 Å². The first kappa shape index (κ1) is 15.3. The summed E-state index contributed by atoms with van der Waals surface area (Å²) in [5.41, 5.74) is 0.362. The lowest BCUT2D eigenvalue weighted by molar-refractivity contribution is 0.414. The molecule has 0 saturated heterocycles. The molecule has 0 spiro atoms. The van der Waals surface area contributed by atoms with E-state index in [9.17, 15) is 8.42 Å². The number of halogens is 1. The third-order valence-electron chi connectivity index (χ3n) is 3.83. The van der Waals surface area contributed by atoms with Crippen molar-refractivity contribution in [1.29, 1.82) is 0 Å². The molecule has 4 nitrogen and oxygen atoms in total. The minimum atomic E-state index is -3.59. The van der Waals surface area contributed by atoms with Gasteiger partial charge in [0.15, 0.2) is 0 Å². The van der Waals surface area contributed by atoms with Gasteiger partial charge in [-0.15, -0.1) is 0 Å². The largest absolute Gasteiger partial charge is 0.497 e. The van der Waals surface area contributed by atoms with E-state index in [1.807, 2.05) is 18.2 Å². The second kappa shape index (κ2) is 5.57. The summed E-state index contributed by atoms with van der Waals surface area (Å²) in [5, 5.41) is 0.604. The van der Waals surface area contributed by atoms with Crippen molar-refractivity contribution >= 4 is 21.6 Å². The van der Waals surface area contributed by atoms with Gasteiger partial charge in [0.25, 0.3) is 0 Å². The summed E-state index contributed by atoms with van der Waals surface area (Å²) in [4.78, 5) is 0.224. The predicted molar refractivity (Wildman–Crippen MR) is 85.7 cm³/mol. The number of hydrogen-bond acceptors (Lipinski definition) is 3. The molecule has 0 unspecified atom stereocenters. The highest BCUT2D eigenvalue weighted by Gasteiger charge is 2.47. The molecule has 0 radical (unpaired) electrons. The monoisotopic (exact) mass is 337 g/mol. The van der Waals surface area contributed by atoms with E-state index >= 15 is 0 Å². The van der Waals surface area contributed by atoms with Crippen LogP contribution in [0.4, 0.5) is 0 Å². The van der Waals surface area contributed by atoms with Gasteiger partial charge in [0, 0.05) is 5.02 Å². The quantitative estimate of drug-likeness (QED) is 0.910. The number of nitrogens with one attached hydrogen (secondary N) is 1. The number of sulfonamides is 1. The molecule has 0 aliphatic heterocycles. The predicted octanol–water partition coefficient (Wildman–Crippen LogP) is 3.32. The molecule has 1 aliphatic rings. The van der Waals surface area contributed by atoms with E-state index in [2.05, 4.69) is 4.72 Å². The number of ether oxygens (including phenoxy) is 1. The highest BCUT2D eigenvalue weighted by molar-refractivity contribution is 7.89. The van der Waals surface area contributed by atoms with E-state index in [0.29, 0.717) is 10.8 Å². The van der Waals surface area contributed by atoms with Crippen LogP contribution in [0.3, 0.4) is 0 Å². The molecule has 2 aromatic carbocycles. The first-order chi connectivity index (χ1) is 10.5. The second-order valence-corrected chi connectivity index (χ2v) is 7.49. The zero-order valence-electron chi connectivity index (χ0n) is 12.0. The van der Waals surface area contributed by atoms with Crippen LogP contribution in [0.25, 0.3) is 0 Å². The third kappa shape index (κ3) is 2.97. The van der Waals surface area contributed by atoms with Crippen molar-refractivity contribution in [3.8, 4) is 5.75 Å². The smallest absolute Gasteiger partial charge is 0.241 e. The minimum absolute atomic E-state index is 0.224. The van der Waals surface area contributed by atoms with Crippen LogP contribution in [-0.2, 0) is 15.6 Å². The Bertz CT molecular complexity index is 783. The Balaban J connectivity index is 1.87. The van der Waals surface area contributed by atoms with Crippen LogP contribution in [0.2, 0.25) is 5.02 Å². The van der Waals surface area contributed by atoms with Gasteiger partial charge in [-0.2, -0.15) is 0 Å². The summed E-state index contributed by atoms with van der Waals surface area (Å²) in [7, 11) is -2.05. The summed E-state index contributed by atoms with van der Waals surface area (Å²) in [5.74, 6) is 0.620. The summed E-state index contributed by atoms with van der Waals surface area (Å²) < 4.78 is 33.0. The molecule has 1 fully saturated rings. The lowest BCUT2D eigenvalue weighted by Crippen LogP contribution is -2.34. The maximum absolute atomic E-state index is 12.6. The molecular formula is C16H16ClNO3S. The number of hydrogen-bond donors (Lipinski definition) is 1. The van der Waals surface area contributed by atoms with Crippen molar-refractivity contribution in [3.63, 3.8) is 0 Å². The molecule has 0 aromatic heterocycles. The molecule has 0 amide bonds. The molecule has 0 atom stereocenters. The molecule has 116 valence electrons. The molecule has 1 N–H and O–H groups in total. The number of rotatable bonds is 5. The van der Waals surface area contributed by atoms with Crippen molar-refractivity contribution in [2.24, 2.45) is 0 Å². The fraction of sp³-hybridized carbons (Fsp3) is 0.250. The number of benzene rings is 2. The van der Waals surface area contributed by atoms with E-state index in [1.54, 1.807) is 25.3 Å². The van der Waals surface area contributed by atoms with Gasteiger partial charge in [0.1, 0.15) is 5.75 Å². The van der Waals surface area contributed by atoms with Crippen molar-refractivity contribution < 1.29 is 13.2 Å². The fourth-order valence-corrected chi connectivity index (χ4v) is 4.07. The number of methoxy groups -OCH3 is 1. The summed E-state index contributed by atoms with van der Waals surface area (Å²) in [6.45, 7) is 0. The molecule has 1 aliphatic carbocycles. The summed E-state index contributed by atoms with van der Waals surface area (Å²) >= 11 is 6.01. The van der Waals surface area contributed by atoms with Gasteiger partial charge >= 0.3 is 0 Å². The summed E-state index contributed by atoms with van der Waals surface area (Å²) in [6, 6.07) is 13.7. The molecule has 0 heterocycles. The average Bonchev–Trinajstić information content (AvgIpc) is 3.27. The van der Waals surface area contributed by atoms with Gasteiger partial charge < -0.3 is 4.74 Å². The van der Waals surface area contributed by atoms with Crippen molar-refractivity contribution in [3.05, 3.63) is 59.1 Å². The first-order valence-electron chi connectivity index (χ1n) is 6.89. The Labute approximate surface area is 135 Å². The Morgan fingerprint density at radius 3 is 2.36 bits per heavy atom. The highest BCUT2D eigenvalue weighted by atomic mass is 35.5. The van der Waals surface area contributed by atoms with Gasteiger partial charge in [-0.25, -0.2) is 13.1 Å². The van der Waals surface area contributed by atoms with E-state index in [1.165, 1.54) is 12.1 Å². The molecule has 6 heteroatoms. The standard InChI is InChI=1S/C16H16ClNO3S/c1-21-14-5-7-15(8-6-14)22(19,20)18-16(9-10-16)12-3-2-4-13(17)11-12/h2-8,11,18H,9-10H2,1H3. The van der Waals surface area contributed by atoms with Crippen LogP contribution in [0, 0.1) is 0 Å². The maximum Gasteiger partial charge on any atom is 0.241 e. The van der Waals surface area contributed by atoms with Crippen LogP contribution in [0.15, 0.2) is 53.4 Å². The lowest BCUT2D eigenvalue weighted by atomic mass is 10.1. The Kier molecular flexibility index (Phi) is 3.89. The normalized spacial score (nSPS) is 16.3. The SMILES string of the molecule is COc1ccc(S(=O)(=O)NC2(c3cccc(Cl)c3)CC2)cc1. The minimum Gasteiger partial charge on any atom is -0.497 e. The molecule has 3 rings (SSSR count). The maximum atomic E-state index is 12.6. The zero-order valence-corrected chi connectivity index (χ0v) is 13.6. The van der Waals surface area contributed by atoms with Gasteiger partial charge in [0.05, 0.1) is 17.5 Å². The van der Waals surface area contributed by atoms with Crippen LogP contribution < -0.4 is 9.46 Å². The Hall–Kier alpha value is -1.56. The average molecular weight is 338 g/mol. The Morgan fingerprint density at radius 1 is 1.14 bits per heavy atom. The van der Waals surface area contributed by atoms with Gasteiger partial charge in [-0.3, -0.25) is 0 Å². The van der Waals surface area contributed by atoms with E-state index in [0.717, 1.165) is 18.4 Å². The van der Waals surface area contributed by atoms with Gasteiger partial charge in [-0.1, -0.05) is 23.7 Å². The van der Waals surface area contributed by atoms with Crippen LogP contribution in [0.5, 0.6) is 5.75 Å². The molecule has 0 bridgehead atoms. The van der Waals surface area contributed by atoms with Crippen molar-refractivity contribution in [2.75, 3.05) is 7.11 Å². The molecule has 2 aromatic rings. The van der Waals surface area contributed by atoms with E-state index in [-0.39, 0.29) is 4.90 Å². The van der Waals surface area contributed by atoms with Gasteiger partial charge in [-0.05, 0) is 54.8 Å². The molecular weight excluding hydrogens is 322 g/mol.